The lowest BCUT2D eigenvalue weighted by molar-refractivity contribution is 0.102. The zero-order valence-corrected chi connectivity index (χ0v) is 18.9. The standard InChI is InChI=1S/C20H20ClN3O4S2/c1-12-9-17(13(2)24(12)16-7-8-30(26,27)11-16)18(25)10-29-20-23-22-19(28-20)14-3-5-15(21)6-4-14/h3-6,9,16H,7-8,10-11H2,1-2H3. The van der Waals surface area contributed by atoms with Gasteiger partial charge in [0.15, 0.2) is 15.6 Å². The molecule has 10 heteroatoms. The van der Waals surface area contributed by atoms with Gasteiger partial charge in [0.05, 0.1) is 17.3 Å². The van der Waals surface area contributed by atoms with Gasteiger partial charge in [0.1, 0.15) is 0 Å². The van der Waals surface area contributed by atoms with Crippen LogP contribution in [-0.2, 0) is 9.84 Å². The fourth-order valence-electron chi connectivity index (χ4n) is 3.78. The minimum atomic E-state index is -3.00. The molecule has 1 atom stereocenters. The highest BCUT2D eigenvalue weighted by molar-refractivity contribution is 7.99. The van der Waals surface area contributed by atoms with E-state index in [2.05, 4.69) is 10.2 Å². The van der Waals surface area contributed by atoms with Crippen LogP contribution in [0.4, 0.5) is 0 Å². The third-order valence-corrected chi connectivity index (χ3v) is 8.00. The number of thioether (sulfide) groups is 1. The third kappa shape index (κ3) is 4.33. The number of sulfone groups is 1. The van der Waals surface area contributed by atoms with Crippen LogP contribution in [0.2, 0.25) is 5.02 Å². The van der Waals surface area contributed by atoms with E-state index in [1.807, 2.05) is 24.5 Å². The van der Waals surface area contributed by atoms with E-state index in [0.717, 1.165) is 17.0 Å². The zero-order valence-electron chi connectivity index (χ0n) is 16.5. The Hall–Kier alpha value is -2.10. The SMILES string of the molecule is Cc1cc(C(=O)CSc2nnc(-c3ccc(Cl)cc3)o2)c(C)n1C1CCS(=O)(=O)C1. The van der Waals surface area contributed by atoms with Gasteiger partial charge in [-0.1, -0.05) is 23.4 Å². The van der Waals surface area contributed by atoms with E-state index in [9.17, 15) is 13.2 Å². The minimum Gasteiger partial charge on any atom is -0.411 e. The molecule has 7 nitrogen and oxygen atoms in total. The van der Waals surface area contributed by atoms with Crippen molar-refractivity contribution in [2.75, 3.05) is 17.3 Å². The maximum absolute atomic E-state index is 12.8. The molecule has 4 rings (SSSR count). The number of hydrogen-bond donors (Lipinski definition) is 0. The molecule has 0 bridgehead atoms. The van der Waals surface area contributed by atoms with E-state index in [1.165, 1.54) is 11.8 Å². The van der Waals surface area contributed by atoms with E-state index < -0.39 is 9.84 Å². The molecule has 0 amide bonds. The van der Waals surface area contributed by atoms with Crippen molar-refractivity contribution in [3.63, 3.8) is 0 Å². The molecule has 0 N–H and O–H groups in total. The molecule has 3 aromatic rings. The summed E-state index contributed by atoms with van der Waals surface area (Å²) in [5.41, 5.74) is 3.04. The lowest BCUT2D eigenvalue weighted by atomic mass is 10.2. The van der Waals surface area contributed by atoms with Crippen molar-refractivity contribution >= 4 is 39.0 Å². The number of carbonyl (C=O) groups is 1. The van der Waals surface area contributed by atoms with Gasteiger partial charge in [-0.2, -0.15) is 0 Å². The van der Waals surface area contributed by atoms with Crippen molar-refractivity contribution in [2.24, 2.45) is 0 Å². The van der Waals surface area contributed by atoms with Crippen LogP contribution in [0.15, 0.2) is 40.0 Å². The van der Waals surface area contributed by atoms with E-state index in [1.54, 1.807) is 24.3 Å². The number of benzene rings is 1. The summed E-state index contributed by atoms with van der Waals surface area (Å²) in [6.07, 6.45) is 0.580. The van der Waals surface area contributed by atoms with Gasteiger partial charge >= 0.3 is 0 Å². The summed E-state index contributed by atoms with van der Waals surface area (Å²) >= 11 is 7.07. The van der Waals surface area contributed by atoms with Crippen LogP contribution in [0.1, 0.15) is 34.2 Å². The van der Waals surface area contributed by atoms with Crippen molar-refractivity contribution in [1.82, 2.24) is 14.8 Å². The average molecular weight is 466 g/mol. The normalized spacial score (nSPS) is 18.0. The first-order valence-corrected chi connectivity index (χ1v) is 12.6. The van der Waals surface area contributed by atoms with E-state index in [0.29, 0.717) is 28.1 Å². The zero-order chi connectivity index (χ0) is 21.5. The van der Waals surface area contributed by atoms with Gasteiger partial charge in [-0.3, -0.25) is 4.79 Å². The molecule has 158 valence electrons. The second-order valence-corrected chi connectivity index (χ2v) is 10.9. The number of Topliss-reactive ketones (excluding diaryl/α,β-unsaturated/α-hetero) is 1. The van der Waals surface area contributed by atoms with Gasteiger partial charge in [-0.15, -0.1) is 10.2 Å². The molecular formula is C20H20ClN3O4S2. The van der Waals surface area contributed by atoms with Gasteiger partial charge in [0, 0.05) is 33.6 Å². The molecule has 30 heavy (non-hydrogen) atoms. The van der Waals surface area contributed by atoms with Crippen LogP contribution in [0.3, 0.4) is 0 Å². The molecule has 1 aromatic carbocycles. The highest BCUT2D eigenvalue weighted by atomic mass is 35.5. The van der Waals surface area contributed by atoms with Crippen molar-refractivity contribution in [2.45, 2.75) is 31.5 Å². The third-order valence-electron chi connectivity index (χ3n) is 5.18. The first kappa shape index (κ1) is 21.1. The number of halogens is 1. The largest absolute Gasteiger partial charge is 0.411 e. The first-order valence-electron chi connectivity index (χ1n) is 9.38. The molecule has 1 unspecified atom stereocenters. The molecule has 0 saturated carbocycles. The molecule has 1 saturated heterocycles. The summed E-state index contributed by atoms with van der Waals surface area (Å²) in [7, 11) is -3.00. The maximum Gasteiger partial charge on any atom is 0.277 e. The number of hydrogen-bond acceptors (Lipinski definition) is 7. The Bertz CT molecular complexity index is 1200. The van der Waals surface area contributed by atoms with Crippen LogP contribution < -0.4 is 0 Å². The number of aromatic nitrogens is 3. The van der Waals surface area contributed by atoms with Gasteiger partial charge < -0.3 is 8.98 Å². The summed E-state index contributed by atoms with van der Waals surface area (Å²) in [5.74, 6) is 0.770. The number of ketones is 1. The van der Waals surface area contributed by atoms with Gasteiger partial charge in [-0.05, 0) is 50.6 Å². The predicted octanol–water partition coefficient (Wildman–Crippen LogP) is 4.14. The van der Waals surface area contributed by atoms with E-state index in [4.69, 9.17) is 16.0 Å². The highest BCUT2D eigenvalue weighted by Crippen LogP contribution is 2.30. The predicted molar refractivity (Wildman–Crippen MR) is 116 cm³/mol. The first-order chi connectivity index (χ1) is 14.2. The van der Waals surface area contributed by atoms with Crippen molar-refractivity contribution in [1.29, 1.82) is 0 Å². The monoisotopic (exact) mass is 465 g/mol. The van der Waals surface area contributed by atoms with E-state index in [-0.39, 0.29) is 29.1 Å². The summed E-state index contributed by atoms with van der Waals surface area (Å²) in [4.78, 5) is 12.8. The molecular weight excluding hydrogens is 446 g/mol. The molecule has 1 aliphatic rings. The van der Waals surface area contributed by atoms with Crippen molar-refractivity contribution < 1.29 is 17.6 Å². The van der Waals surface area contributed by atoms with Crippen molar-refractivity contribution in [3.8, 4) is 11.5 Å². The Labute approximate surface area is 183 Å². The van der Waals surface area contributed by atoms with Crippen LogP contribution in [0.25, 0.3) is 11.5 Å². The van der Waals surface area contributed by atoms with Gasteiger partial charge in [-0.25, -0.2) is 8.42 Å². The summed E-state index contributed by atoms with van der Waals surface area (Å²) in [5, 5.41) is 8.94. The molecule has 0 radical (unpaired) electrons. The van der Waals surface area contributed by atoms with Crippen LogP contribution in [0.5, 0.6) is 0 Å². The highest BCUT2D eigenvalue weighted by Gasteiger charge is 2.31. The number of carbonyl (C=O) groups excluding carboxylic acids is 1. The molecule has 0 aliphatic carbocycles. The topological polar surface area (TPSA) is 95.1 Å². The number of aryl methyl sites for hydroxylation is 1. The molecule has 2 aromatic heterocycles. The smallest absolute Gasteiger partial charge is 0.277 e. The fraction of sp³-hybridized carbons (Fsp3) is 0.350. The lowest BCUT2D eigenvalue weighted by Crippen LogP contribution is -2.14. The summed E-state index contributed by atoms with van der Waals surface area (Å²) < 4.78 is 31.3. The van der Waals surface area contributed by atoms with Gasteiger partial charge in [0.25, 0.3) is 5.22 Å². The fourth-order valence-corrected chi connectivity index (χ4v) is 6.25. The molecule has 0 spiro atoms. The minimum absolute atomic E-state index is 0.0635. The Morgan fingerprint density at radius 2 is 2.00 bits per heavy atom. The lowest BCUT2D eigenvalue weighted by Gasteiger charge is -2.16. The molecule has 1 fully saturated rings. The summed E-state index contributed by atoms with van der Waals surface area (Å²) in [6, 6.07) is 8.77. The Morgan fingerprint density at radius 1 is 1.27 bits per heavy atom. The second-order valence-electron chi connectivity index (χ2n) is 7.30. The Morgan fingerprint density at radius 3 is 2.67 bits per heavy atom. The van der Waals surface area contributed by atoms with Crippen LogP contribution in [0, 0.1) is 13.8 Å². The Balaban J connectivity index is 1.45. The average Bonchev–Trinajstić information content (AvgIpc) is 3.38. The number of nitrogens with zero attached hydrogens (tertiary/aromatic N) is 3. The van der Waals surface area contributed by atoms with Gasteiger partial charge in [0.2, 0.25) is 5.89 Å². The molecule has 3 heterocycles. The summed E-state index contributed by atoms with van der Waals surface area (Å²) in [6.45, 7) is 3.76. The van der Waals surface area contributed by atoms with Crippen LogP contribution >= 0.6 is 23.4 Å². The van der Waals surface area contributed by atoms with Crippen LogP contribution in [-0.4, -0.2) is 46.2 Å². The Kier molecular flexibility index (Phi) is 5.78. The van der Waals surface area contributed by atoms with E-state index >= 15 is 0 Å². The van der Waals surface area contributed by atoms with Crippen molar-refractivity contribution in [3.05, 3.63) is 52.3 Å². The quantitative estimate of drug-likeness (QED) is 0.398. The number of rotatable bonds is 6. The second kappa shape index (κ2) is 8.20. The molecule has 1 aliphatic heterocycles. The maximum atomic E-state index is 12.8.